The Kier molecular flexibility index (Phi) is 11.9. The number of esters is 2. The molecule has 0 saturated carbocycles. The van der Waals surface area contributed by atoms with Gasteiger partial charge in [-0.05, 0) is 89.4 Å². The Balaban J connectivity index is 1.48. The lowest BCUT2D eigenvalue weighted by molar-refractivity contribution is -0.138. The van der Waals surface area contributed by atoms with Crippen LogP contribution in [0.2, 0.25) is 0 Å². The SMILES string of the molecule is CCOC(=O)C1=C(c2ccccc2)N=c2s/c(=C\c3cc(Br)cc(I)c3OCc3ccc(C(=O)OCC)cc3)c(=O)n2[C@@H]1c1ccc(C(C)C)cc1. The Morgan fingerprint density at radius 2 is 1.62 bits per heavy atom. The molecule has 1 aliphatic heterocycles. The number of carbonyl (C=O) groups is 2. The maximum absolute atomic E-state index is 14.6. The highest BCUT2D eigenvalue weighted by Gasteiger charge is 2.35. The zero-order valence-corrected chi connectivity index (χ0v) is 33.6. The zero-order chi connectivity index (χ0) is 36.9. The Hall–Kier alpha value is -4.33. The van der Waals surface area contributed by atoms with Crippen molar-refractivity contribution in [1.82, 2.24) is 4.57 Å². The lowest BCUT2D eigenvalue weighted by atomic mass is 9.91. The summed E-state index contributed by atoms with van der Waals surface area (Å²) in [5.74, 6) is 0.0116. The normalized spacial score (nSPS) is 14.2. The van der Waals surface area contributed by atoms with Crippen LogP contribution >= 0.6 is 49.9 Å². The molecular formula is C41H36BrIN2O6S. The molecule has 1 atom stereocenters. The molecule has 5 aromatic rings. The van der Waals surface area contributed by atoms with Crippen molar-refractivity contribution < 1.29 is 23.8 Å². The lowest BCUT2D eigenvalue weighted by Gasteiger charge is -2.26. The van der Waals surface area contributed by atoms with Crippen molar-refractivity contribution in [1.29, 1.82) is 0 Å². The summed E-state index contributed by atoms with van der Waals surface area (Å²) in [7, 11) is 0. The fourth-order valence-electron chi connectivity index (χ4n) is 5.91. The Morgan fingerprint density at radius 1 is 0.942 bits per heavy atom. The Labute approximate surface area is 327 Å². The molecule has 8 nitrogen and oxygen atoms in total. The monoisotopic (exact) mass is 890 g/mol. The van der Waals surface area contributed by atoms with Crippen LogP contribution in [0.3, 0.4) is 0 Å². The fraction of sp³-hybridized carbons (Fsp3) is 0.220. The molecule has 0 bridgehead atoms. The molecule has 11 heteroatoms. The van der Waals surface area contributed by atoms with Gasteiger partial charge in [-0.2, -0.15) is 0 Å². The second-order valence-electron chi connectivity index (χ2n) is 12.3. The van der Waals surface area contributed by atoms with Crippen molar-refractivity contribution in [3.63, 3.8) is 0 Å². The van der Waals surface area contributed by atoms with Crippen LogP contribution in [-0.4, -0.2) is 29.7 Å². The van der Waals surface area contributed by atoms with Gasteiger partial charge < -0.3 is 14.2 Å². The molecule has 0 radical (unpaired) electrons. The second-order valence-corrected chi connectivity index (χ2v) is 15.4. The Morgan fingerprint density at radius 3 is 2.27 bits per heavy atom. The summed E-state index contributed by atoms with van der Waals surface area (Å²) >= 11 is 7.09. The van der Waals surface area contributed by atoms with Crippen LogP contribution in [0.5, 0.6) is 5.75 Å². The predicted molar refractivity (Wildman–Crippen MR) is 215 cm³/mol. The first-order valence-electron chi connectivity index (χ1n) is 16.9. The van der Waals surface area contributed by atoms with Crippen molar-refractivity contribution in [2.45, 2.75) is 46.3 Å². The molecule has 2 heterocycles. The summed E-state index contributed by atoms with van der Waals surface area (Å²) < 4.78 is 20.8. The number of benzene rings is 4. The first-order chi connectivity index (χ1) is 25.1. The number of nitrogens with zero attached hydrogens (tertiary/aromatic N) is 2. The predicted octanol–water partition coefficient (Wildman–Crippen LogP) is 8.18. The fourth-order valence-corrected chi connectivity index (χ4v) is 8.60. The summed E-state index contributed by atoms with van der Waals surface area (Å²) in [6, 6.07) is 27.7. The standard InChI is InChI=1S/C41H36BrIN2O6S/c1-5-49-39(47)29-14-12-25(13-15-29)23-51-37-30(20-31(42)22-32(37)43)21-33-38(46)45-36(28-18-16-26(17-19-28)24(3)4)34(40(48)50-6-2)35(44-41(45)52-33)27-10-8-7-9-11-27/h7-22,24,36H,5-6,23H2,1-4H3/b33-21-/t36-/m1/s1. The molecule has 0 aliphatic carbocycles. The minimum atomic E-state index is -0.773. The highest BCUT2D eigenvalue weighted by atomic mass is 127. The number of ether oxygens (including phenoxy) is 3. The van der Waals surface area contributed by atoms with E-state index in [-0.39, 0.29) is 24.7 Å². The van der Waals surface area contributed by atoms with Crippen LogP contribution in [0, 0.1) is 3.57 Å². The minimum Gasteiger partial charge on any atom is -0.487 e. The van der Waals surface area contributed by atoms with Gasteiger partial charge in [-0.1, -0.05) is 108 Å². The molecule has 1 aromatic heterocycles. The summed E-state index contributed by atoms with van der Waals surface area (Å²) in [6.07, 6.45) is 1.81. The first kappa shape index (κ1) is 37.4. The zero-order valence-electron chi connectivity index (χ0n) is 29.0. The van der Waals surface area contributed by atoms with E-state index >= 15 is 0 Å². The lowest BCUT2D eigenvalue weighted by Crippen LogP contribution is -2.40. The molecule has 266 valence electrons. The van der Waals surface area contributed by atoms with Crippen molar-refractivity contribution in [3.8, 4) is 5.75 Å². The molecule has 52 heavy (non-hydrogen) atoms. The van der Waals surface area contributed by atoms with E-state index in [1.54, 1.807) is 30.5 Å². The summed E-state index contributed by atoms with van der Waals surface area (Å²) in [5.41, 5.74) is 5.19. The molecule has 0 saturated heterocycles. The Bertz CT molecular complexity index is 2330. The third-order valence-electron chi connectivity index (χ3n) is 8.46. The number of rotatable bonds is 11. The molecule has 0 fully saturated rings. The number of hydrogen-bond acceptors (Lipinski definition) is 8. The van der Waals surface area contributed by atoms with Gasteiger partial charge in [0.05, 0.1) is 44.2 Å². The quantitative estimate of drug-likeness (QED) is 0.0982. The largest absolute Gasteiger partial charge is 0.487 e. The number of hydrogen-bond donors (Lipinski definition) is 0. The molecule has 4 aromatic carbocycles. The second kappa shape index (κ2) is 16.6. The van der Waals surface area contributed by atoms with Gasteiger partial charge in [0.25, 0.3) is 5.56 Å². The van der Waals surface area contributed by atoms with Crippen molar-refractivity contribution in [2.24, 2.45) is 4.99 Å². The van der Waals surface area contributed by atoms with E-state index in [0.717, 1.165) is 30.3 Å². The van der Waals surface area contributed by atoms with Gasteiger partial charge in [0, 0.05) is 15.6 Å². The van der Waals surface area contributed by atoms with Crippen molar-refractivity contribution in [3.05, 3.63) is 158 Å². The molecular weight excluding hydrogens is 855 g/mol. The van der Waals surface area contributed by atoms with Gasteiger partial charge in [-0.25, -0.2) is 14.6 Å². The topological polar surface area (TPSA) is 96.2 Å². The van der Waals surface area contributed by atoms with Crippen molar-refractivity contribution in [2.75, 3.05) is 13.2 Å². The number of thiazole rings is 1. The number of aromatic nitrogens is 1. The maximum atomic E-state index is 14.6. The van der Waals surface area contributed by atoms with E-state index in [4.69, 9.17) is 19.2 Å². The van der Waals surface area contributed by atoms with E-state index < -0.39 is 12.0 Å². The third kappa shape index (κ3) is 8.01. The summed E-state index contributed by atoms with van der Waals surface area (Å²) in [4.78, 5) is 46.0. The number of halogens is 2. The molecule has 0 unspecified atom stereocenters. The van der Waals surface area contributed by atoms with Crippen molar-refractivity contribution >= 4 is 73.6 Å². The maximum Gasteiger partial charge on any atom is 0.338 e. The van der Waals surface area contributed by atoms with Gasteiger partial charge in [0.1, 0.15) is 12.4 Å². The summed E-state index contributed by atoms with van der Waals surface area (Å²) in [6.45, 7) is 8.49. The smallest absolute Gasteiger partial charge is 0.338 e. The van der Waals surface area contributed by atoms with Gasteiger partial charge >= 0.3 is 11.9 Å². The molecule has 0 amide bonds. The van der Waals surface area contributed by atoms with Gasteiger partial charge in [0.15, 0.2) is 4.80 Å². The molecule has 0 spiro atoms. The van der Waals surface area contributed by atoms with E-state index in [2.05, 4.69) is 52.4 Å². The van der Waals surface area contributed by atoms with Gasteiger partial charge in [-0.15, -0.1) is 0 Å². The highest BCUT2D eigenvalue weighted by molar-refractivity contribution is 14.1. The summed E-state index contributed by atoms with van der Waals surface area (Å²) in [5, 5.41) is 0. The first-order valence-corrected chi connectivity index (χ1v) is 19.5. The van der Waals surface area contributed by atoms with E-state index in [1.165, 1.54) is 11.3 Å². The average molecular weight is 892 g/mol. The van der Waals surface area contributed by atoms with Crippen LogP contribution in [0.1, 0.15) is 77.8 Å². The van der Waals surface area contributed by atoms with Gasteiger partial charge in [0.2, 0.25) is 0 Å². The molecule has 1 aliphatic rings. The highest BCUT2D eigenvalue weighted by Crippen LogP contribution is 2.36. The van der Waals surface area contributed by atoms with Crippen LogP contribution in [-0.2, 0) is 20.9 Å². The number of fused-ring (bicyclic) bond motifs is 1. The van der Waals surface area contributed by atoms with Gasteiger partial charge in [-0.3, -0.25) is 9.36 Å². The van der Waals surface area contributed by atoms with Crippen LogP contribution in [0.25, 0.3) is 11.8 Å². The number of carbonyl (C=O) groups excluding carboxylic acids is 2. The molecule has 6 rings (SSSR count). The van der Waals surface area contributed by atoms with E-state index in [9.17, 15) is 14.4 Å². The van der Waals surface area contributed by atoms with E-state index in [0.29, 0.717) is 50.0 Å². The molecule has 0 N–H and O–H groups in total. The minimum absolute atomic E-state index is 0.174. The third-order valence-corrected chi connectivity index (χ3v) is 10.7. The van der Waals surface area contributed by atoms with Crippen LogP contribution in [0.15, 0.2) is 111 Å². The average Bonchev–Trinajstić information content (AvgIpc) is 3.45. The van der Waals surface area contributed by atoms with Crippen LogP contribution in [0.4, 0.5) is 0 Å². The van der Waals surface area contributed by atoms with E-state index in [1.807, 2.05) is 84.9 Å². The van der Waals surface area contributed by atoms with Crippen LogP contribution < -0.4 is 19.6 Å².